The molecule has 0 saturated carbocycles. The van der Waals surface area contributed by atoms with Crippen molar-refractivity contribution in [2.75, 3.05) is 0 Å². The number of hydrogen-bond donors (Lipinski definition) is 0. The molecular formula is C20H21NO3. The molecule has 2 rings (SSSR count). The minimum Gasteiger partial charge on any atom is -0.491 e. The minimum absolute atomic E-state index is 0.123. The second kappa shape index (κ2) is 8.16. The maximum absolute atomic E-state index is 10.9. The summed E-state index contributed by atoms with van der Waals surface area (Å²) in [6.45, 7) is 5.32. The fourth-order valence-corrected chi connectivity index (χ4v) is 2.38. The Morgan fingerprint density at radius 2 is 1.62 bits per heavy atom. The highest BCUT2D eigenvalue weighted by Gasteiger charge is 2.12. The maximum atomic E-state index is 10.9. The molecule has 0 aliphatic rings. The van der Waals surface area contributed by atoms with Crippen molar-refractivity contribution in [3.8, 4) is 17.6 Å². The van der Waals surface area contributed by atoms with Crippen LogP contribution in [-0.2, 0) is 11.2 Å². The molecule has 0 bridgehead atoms. The molecule has 4 heteroatoms. The highest BCUT2D eigenvalue weighted by Crippen LogP contribution is 2.24. The standard InChI is InChI=1S/C20H21NO3/c1-14(2)23-19-10-6-17(7-11-19)18(13-21)12-16-4-8-20(9-5-16)24-15(3)22/h4-11,14,18H,12H2,1-3H3/t18-/m0/s1. The molecule has 1 atom stereocenters. The van der Waals surface area contributed by atoms with Crippen LogP contribution in [0.15, 0.2) is 48.5 Å². The maximum Gasteiger partial charge on any atom is 0.308 e. The van der Waals surface area contributed by atoms with Crippen molar-refractivity contribution >= 4 is 5.97 Å². The zero-order valence-corrected chi connectivity index (χ0v) is 14.2. The fraction of sp³-hybridized carbons (Fsp3) is 0.300. The molecule has 4 nitrogen and oxygen atoms in total. The Kier molecular flexibility index (Phi) is 5.97. The number of esters is 1. The van der Waals surface area contributed by atoms with E-state index >= 15 is 0 Å². The van der Waals surface area contributed by atoms with E-state index in [1.807, 2.05) is 50.2 Å². The summed E-state index contributed by atoms with van der Waals surface area (Å²) >= 11 is 0. The number of nitriles is 1. The molecule has 0 fully saturated rings. The largest absolute Gasteiger partial charge is 0.491 e. The molecule has 0 spiro atoms. The highest BCUT2D eigenvalue weighted by molar-refractivity contribution is 5.69. The van der Waals surface area contributed by atoms with E-state index in [2.05, 4.69) is 6.07 Å². The summed E-state index contributed by atoms with van der Waals surface area (Å²) < 4.78 is 10.6. The van der Waals surface area contributed by atoms with Gasteiger partial charge in [-0.2, -0.15) is 5.26 Å². The van der Waals surface area contributed by atoms with E-state index in [0.717, 1.165) is 16.9 Å². The van der Waals surface area contributed by atoms with Crippen LogP contribution in [0.4, 0.5) is 0 Å². The van der Waals surface area contributed by atoms with Crippen molar-refractivity contribution < 1.29 is 14.3 Å². The van der Waals surface area contributed by atoms with Crippen LogP contribution in [0.25, 0.3) is 0 Å². The summed E-state index contributed by atoms with van der Waals surface area (Å²) in [6, 6.07) is 17.2. The molecule has 0 aliphatic carbocycles. The van der Waals surface area contributed by atoms with Crippen LogP contribution < -0.4 is 9.47 Å². The van der Waals surface area contributed by atoms with E-state index in [4.69, 9.17) is 9.47 Å². The van der Waals surface area contributed by atoms with Crippen molar-refractivity contribution in [2.45, 2.75) is 39.2 Å². The Bertz CT molecular complexity index is 712. The third-order valence-corrected chi connectivity index (χ3v) is 3.43. The molecule has 0 radical (unpaired) electrons. The van der Waals surface area contributed by atoms with Crippen LogP contribution in [0, 0.1) is 11.3 Å². The predicted octanol–water partition coefficient (Wildman–Crippen LogP) is 4.25. The van der Waals surface area contributed by atoms with Crippen molar-refractivity contribution in [1.29, 1.82) is 5.26 Å². The number of nitrogens with zero attached hydrogens (tertiary/aromatic N) is 1. The average molecular weight is 323 g/mol. The van der Waals surface area contributed by atoms with E-state index in [9.17, 15) is 10.1 Å². The topological polar surface area (TPSA) is 59.3 Å². The quantitative estimate of drug-likeness (QED) is 0.589. The van der Waals surface area contributed by atoms with E-state index in [1.54, 1.807) is 12.1 Å². The van der Waals surface area contributed by atoms with Gasteiger partial charge in [0.25, 0.3) is 0 Å². The molecule has 0 saturated heterocycles. The summed E-state index contributed by atoms with van der Waals surface area (Å²) in [6.07, 6.45) is 0.722. The molecule has 2 aromatic rings. The summed E-state index contributed by atoms with van der Waals surface area (Å²) in [5.41, 5.74) is 1.97. The molecule has 0 aromatic heterocycles. The Hall–Kier alpha value is -2.80. The summed E-state index contributed by atoms with van der Waals surface area (Å²) in [4.78, 5) is 10.9. The van der Waals surface area contributed by atoms with Crippen molar-refractivity contribution in [3.05, 3.63) is 59.7 Å². The van der Waals surface area contributed by atoms with Crippen molar-refractivity contribution in [1.82, 2.24) is 0 Å². The van der Waals surface area contributed by atoms with E-state index in [-0.39, 0.29) is 18.0 Å². The number of carbonyl (C=O) groups excluding carboxylic acids is 1. The number of hydrogen-bond acceptors (Lipinski definition) is 4. The van der Waals surface area contributed by atoms with Crippen LogP contribution in [0.1, 0.15) is 37.8 Å². The van der Waals surface area contributed by atoms with Gasteiger partial charge in [0.15, 0.2) is 0 Å². The van der Waals surface area contributed by atoms with Gasteiger partial charge in [0.1, 0.15) is 11.5 Å². The molecule has 0 N–H and O–H groups in total. The van der Waals surface area contributed by atoms with Gasteiger partial charge in [-0.25, -0.2) is 0 Å². The average Bonchev–Trinajstić information content (AvgIpc) is 2.54. The minimum atomic E-state index is -0.346. The first-order chi connectivity index (χ1) is 11.5. The molecule has 2 aromatic carbocycles. The Morgan fingerprint density at radius 1 is 1.04 bits per heavy atom. The first-order valence-corrected chi connectivity index (χ1v) is 7.91. The Morgan fingerprint density at radius 3 is 2.12 bits per heavy atom. The van der Waals surface area contributed by atoms with E-state index in [0.29, 0.717) is 12.2 Å². The second-order valence-electron chi connectivity index (χ2n) is 5.86. The summed E-state index contributed by atoms with van der Waals surface area (Å²) in [7, 11) is 0. The molecule has 24 heavy (non-hydrogen) atoms. The van der Waals surface area contributed by atoms with E-state index in [1.165, 1.54) is 6.92 Å². The summed E-state index contributed by atoms with van der Waals surface area (Å²) in [5.74, 6) is 0.727. The van der Waals surface area contributed by atoms with Gasteiger partial charge in [-0.05, 0) is 55.7 Å². The first kappa shape index (κ1) is 17.6. The van der Waals surface area contributed by atoms with Crippen LogP contribution in [-0.4, -0.2) is 12.1 Å². The van der Waals surface area contributed by atoms with Gasteiger partial charge in [-0.3, -0.25) is 4.79 Å². The van der Waals surface area contributed by atoms with Gasteiger partial charge < -0.3 is 9.47 Å². The Labute approximate surface area is 142 Å². The number of carbonyl (C=O) groups is 1. The number of rotatable bonds is 6. The highest BCUT2D eigenvalue weighted by atomic mass is 16.5. The van der Waals surface area contributed by atoms with Gasteiger partial charge in [0.05, 0.1) is 18.1 Å². The molecule has 0 unspecified atom stereocenters. The lowest BCUT2D eigenvalue weighted by atomic mass is 9.93. The molecule has 0 amide bonds. The fourth-order valence-electron chi connectivity index (χ4n) is 2.38. The molecule has 0 heterocycles. The number of ether oxygens (including phenoxy) is 2. The number of benzene rings is 2. The zero-order valence-electron chi connectivity index (χ0n) is 14.2. The molecule has 0 aliphatic heterocycles. The van der Waals surface area contributed by atoms with Crippen LogP contribution in [0.5, 0.6) is 11.5 Å². The van der Waals surface area contributed by atoms with Gasteiger partial charge >= 0.3 is 5.97 Å². The lowest BCUT2D eigenvalue weighted by Gasteiger charge is -2.13. The third kappa shape index (κ3) is 5.13. The summed E-state index contributed by atoms with van der Waals surface area (Å²) in [5, 5.41) is 9.48. The normalized spacial score (nSPS) is 11.6. The molecular weight excluding hydrogens is 302 g/mol. The lowest BCUT2D eigenvalue weighted by molar-refractivity contribution is -0.131. The SMILES string of the molecule is CC(=O)Oc1ccc(C[C@@H](C#N)c2ccc(OC(C)C)cc2)cc1. The van der Waals surface area contributed by atoms with Crippen LogP contribution in [0.3, 0.4) is 0 Å². The van der Waals surface area contributed by atoms with Gasteiger partial charge in [0.2, 0.25) is 0 Å². The first-order valence-electron chi connectivity index (χ1n) is 7.91. The zero-order chi connectivity index (χ0) is 17.5. The molecule has 124 valence electrons. The third-order valence-electron chi connectivity index (χ3n) is 3.43. The predicted molar refractivity (Wildman–Crippen MR) is 92.0 cm³/mol. The van der Waals surface area contributed by atoms with Crippen LogP contribution in [0.2, 0.25) is 0 Å². The monoisotopic (exact) mass is 323 g/mol. The van der Waals surface area contributed by atoms with Crippen LogP contribution >= 0.6 is 0 Å². The van der Waals surface area contributed by atoms with Crippen molar-refractivity contribution in [3.63, 3.8) is 0 Å². The lowest BCUT2D eigenvalue weighted by Crippen LogP contribution is -2.06. The van der Waals surface area contributed by atoms with Gasteiger partial charge in [-0.15, -0.1) is 0 Å². The van der Waals surface area contributed by atoms with Crippen molar-refractivity contribution in [2.24, 2.45) is 0 Å². The smallest absolute Gasteiger partial charge is 0.308 e. The van der Waals surface area contributed by atoms with E-state index < -0.39 is 0 Å². The van der Waals surface area contributed by atoms with Gasteiger partial charge in [-0.1, -0.05) is 24.3 Å². The Balaban J connectivity index is 2.06. The second-order valence-corrected chi connectivity index (χ2v) is 5.86. The van der Waals surface area contributed by atoms with Gasteiger partial charge in [0, 0.05) is 6.92 Å².